The third-order valence-corrected chi connectivity index (χ3v) is 6.07. The van der Waals surface area contributed by atoms with Gasteiger partial charge >= 0.3 is 0 Å². The van der Waals surface area contributed by atoms with E-state index in [4.69, 9.17) is 16.3 Å². The van der Waals surface area contributed by atoms with E-state index < -0.39 is 0 Å². The highest BCUT2D eigenvalue weighted by Gasteiger charge is 2.25. The van der Waals surface area contributed by atoms with Crippen LogP contribution in [0.15, 0.2) is 66.7 Å². The van der Waals surface area contributed by atoms with Crippen molar-refractivity contribution in [3.63, 3.8) is 0 Å². The number of fused-ring (bicyclic) bond motifs is 1. The van der Waals surface area contributed by atoms with Crippen LogP contribution in [-0.2, 0) is 11.3 Å². The van der Waals surface area contributed by atoms with Crippen molar-refractivity contribution < 1.29 is 9.53 Å². The number of halogens is 1. The zero-order valence-electron chi connectivity index (χ0n) is 17.0. The maximum Gasteiger partial charge on any atom is 0.223 e. The van der Waals surface area contributed by atoms with Gasteiger partial charge in [0.25, 0.3) is 0 Å². The minimum atomic E-state index is 0.0770. The highest BCUT2D eigenvalue weighted by Crippen LogP contribution is 2.23. The number of nitrogens with one attached hydrogen (secondary N) is 1. The second-order valence-electron chi connectivity index (χ2n) is 7.79. The molecule has 1 aliphatic rings. The van der Waals surface area contributed by atoms with Gasteiger partial charge in [-0.15, -0.1) is 0 Å². The van der Waals surface area contributed by atoms with Crippen molar-refractivity contribution in [1.82, 2.24) is 10.2 Å². The quantitative estimate of drug-likeness (QED) is 0.550. The number of ether oxygens (including phenoxy) is 1. The summed E-state index contributed by atoms with van der Waals surface area (Å²) in [6.45, 7) is 3.66. The smallest absolute Gasteiger partial charge is 0.223 e. The minimum absolute atomic E-state index is 0.0770. The Kier molecular flexibility index (Phi) is 6.88. The van der Waals surface area contributed by atoms with Crippen LogP contribution in [-0.4, -0.2) is 37.0 Å². The molecule has 30 heavy (non-hydrogen) atoms. The Hall–Kier alpha value is -2.56. The lowest BCUT2D eigenvalue weighted by atomic mass is 9.95. The molecule has 0 aromatic heterocycles. The average Bonchev–Trinajstić information content (AvgIpc) is 2.78. The van der Waals surface area contributed by atoms with Gasteiger partial charge in [-0.1, -0.05) is 60.1 Å². The number of nitrogens with zero attached hydrogens (tertiary/aromatic N) is 1. The summed E-state index contributed by atoms with van der Waals surface area (Å²) in [4.78, 5) is 14.9. The first kappa shape index (κ1) is 20.7. The lowest BCUT2D eigenvalue weighted by Gasteiger charge is -2.31. The average molecular weight is 423 g/mol. The molecule has 5 heteroatoms. The molecule has 3 aromatic rings. The standard InChI is InChI=1S/C25H27ClN2O2/c26-24-8-4-3-7-22(24)18-28-14-11-20(12-15-28)25(29)27-13-16-30-23-10-9-19-5-1-2-6-21(19)17-23/h1-10,17,20H,11-16,18H2,(H,27,29). The number of rotatable bonds is 7. The molecule has 0 radical (unpaired) electrons. The lowest BCUT2D eigenvalue weighted by Crippen LogP contribution is -2.41. The summed E-state index contributed by atoms with van der Waals surface area (Å²) in [6, 6.07) is 22.2. The van der Waals surface area contributed by atoms with Gasteiger partial charge in [-0.05, 0) is 60.5 Å². The molecule has 0 saturated carbocycles. The molecule has 1 N–H and O–H groups in total. The molecule has 0 atom stereocenters. The van der Waals surface area contributed by atoms with E-state index in [9.17, 15) is 4.79 Å². The molecule has 4 rings (SSSR count). The molecule has 1 saturated heterocycles. The van der Waals surface area contributed by atoms with Crippen molar-refractivity contribution in [3.8, 4) is 5.75 Å². The number of likely N-dealkylation sites (tertiary alicyclic amines) is 1. The van der Waals surface area contributed by atoms with E-state index in [2.05, 4.69) is 34.5 Å². The highest BCUT2D eigenvalue weighted by atomic mass is 35.5. The van der Waals surface area contributed by atoms with Gasteiger partial charge in [0.05, 0.1) is 6.54 Å². The summed E-state index contributed by atoms with van der Waals surface area (Å²) in [5, 5.41) is 6.19. The first-order valence-electron chi connectivity index (χ1n) is 10.5. The van der Waals surface area contributed by atoms with Crippen LogP contribution in [0.25, 0.3) is 10.8 Å². The van der Waals surface area contributed by atoms with Crippen LogP contribution in [0.3, 0.4) is 0 Å². The zero-order chi connectivity index (χ0) is 20.8. The fraction of sp³-hybridized carbons (Fsp3) is 0.320. The van der Waals surface area contributed by atoms with Crippen LogP contribution >= 0.6 is 11.6 Å². The zero-order valence-corrected chi connectivity index (χ0v) is 17.8. The predicted molar refractivity (Wildman–Crippen MR) is 122 cm³/mol. The van der Waals surface area contributed by atoms with Gasteiger partial charge in [0.15, 0.2) is 0 Å². The van der Waals surface area contributed by atoms with Gasteiger partial charge < -0.3 is 10.1 Å². The fourth-order valence-electron chi connectivity index (χ4n) is 3.97. The summed E-state index contributed by atoms with van der Waals surface area (Å²) in [5.74, 6) is 1.04. The minimum Gasteiger partial charge on any atom is -0.492 e. The molecule has 4 nitrogen and oxygen atoms in total. The third kappa shape index (κ3) is 5.32. The van der Waals surface area contributed by atoms with Gasteiger partial charge in [-0.3, -0.25) is 9.69 Å². The molecule has 0 spiro atoms. The molecular weight excluding hydrogens is 396 g/mol. The normalized spacial score (nSPS) is 15.2. The van der Waals surface area contributed by atoms with Crippen LogP contribution in [0, 0.1) is 5.92 Å². The maximum atomic E-state index is 12.5. The molecule has 1 heterocycles. The van der Waals surface area contributed by atoms with Gasteiger partial charge in [0.1, 0.15) is 12.4 Å². The first-order chi connectivity index (χ1) is 14.7. The third-order valence-electron chi connectivity index (χ3n) is 5.70. The Bertz CT molecular complexity index is 999. The maximum absolute atomic E-state index is 12.5. The van der Waals surface area contributed by atoms with Crippen LogP contribution in [0.5, 0.6) is 5.75 Å². The first-order valence-corrected chi connectivity index (χ1v) is 10.9. The van der Waals surface area contributed by atoms with Crippen molar-refractivity contribution in [2.75, 3.05) is 26.2 Å². The van der Waals surface area contributed by atoms with Crippen molar-refractivity contribution >= 4 is 28.3 Å². The second-order valence-corrected chi connectivity index (χ2v) is 8.20. The van der Waals surface area contributed by atoms with E-state index in [1.165, 1.54) is 5.39 Å². The Morgan fingerprint density at radius 2 is 1.73 bits per heavy atom. The fourth-order valence-corrected chi connectivity index (χ4v) is 4.16. The summed E-state index contributed by atoms with van der Waals surface area (Å²) in [5.41, 5.74) is 1.15. The van der Waals surface area contributed by atoms with Gasteiger partial charge in [0.2, 0.25) is 5.91 Å². The summed E-state index contributed by atoms with van der Waals surface area (Å²) < 4.78 is 5.81. The molecular formula is C25H27ClN2O2. The Labute approximate surface area is 182 Å². The van der Waals surface area contributed by atoms with E-state index in [-0.39, 0.29) is 11.8 Å². The van der Waals surface area contributed by atoms with E-state index in [1.807, 2.05) is 42.5 Å². The van der Waals surface area contributed by atoms with Crippen LogP contribution in [0.2, 0.25) is 5.02 Å². The van der Waals surface area contributed by atoms with Crippen molar-refractivity contribution in [2.45, 2.75) is 19.4 Å². The van der Waals surface area contributed by atoms with Gasteiger partial charge in [-0.2, -0.15) is 0 Å². The number of hydrogen-bond acceptors (Lipinski definition) is 3. The molecule has 1 amide bonds. The highest BCUT2D eigenvalue weighted by molar-refractivity contribution is 6.31. The number of hydrogen-bond donors (Lipinski definition) is 1. The summed E-state index contributed by atoms with van der Waals surface area (Å²) in [7, 11) is 0. The number of carbonyl (C=O) groups excluding carboxylic acids is 1. The largest absolute Gasteiger partial charge is 0.492 e. The van der Waals surface area contributed by atoms with Crippen LogP contribution in [0.4, 0.5) is 0 Å². The van der Waals surface area contributed by atoms with E-state index in [0.29, 0.717) is 13.2 Å². The number of carbonyl (C=O) groups is 1. The van der Waals surface area contributed by atoms with Crippen molar-refractivity contribution in [1.29, 1.82) is 0 Å². The lowest BCUT2D eigenvalue weighted by molar-refractivity contribution is -0.126. The van der Waals surface area contributed by atoms with Crippen LogP contribution < -0.4 is 10.1 Å². The van der Waals surface area contributed by atoms with Gasteiger partial charge in [-0.25, -0.2) is 0 Å². The van der Waals surface area contributed by atoms with Crippen molar-refractivity contribution in [3.05, 3.63) is 77.3 Å². The molecule has 0 bridgehead atoms. The Morgan fingerprint density at radius 3 is 2.53 bits per heavy atom. The number of benzene rings is 3. The summed E-state index contributed by atoms with van der Waals surface area (Å²) in [6.07, 6.45) is 1.75. The predicted octanol–water partition coefficient (Wildman–Crippen LogP) is 4.90. The monoisotopic (exact) mass is 422 g/mol. The molecule has 1 fully saturated rings. The number of piperidine rings is 1. The molecule has 156 valence electrons. The van der Waals surface area contributed by atoms with E-state index in [1.54, 1.807) is 0 Å². The molecule has 1 aliphatic heterocycles. The molecule has 0 unspecified atom stereocenters. The molecule has 0 aliphatic carbocycles. The Balaban J connectivity index is 1.17. The Morgan fingerprint density at radius 1 is 1.00 bits per heavy atom. The van der Waals surface area contributed by atoms with Gasteiger partial charge in [0, 0.05) is 17.5 Å². The van der Waals surface area contributed by atoms with Crippen LogP contribution in [0.1, 0.15) is 18.4 Å². The van der Waals surface area contributed by atoms with Crippen molar-refractivity contribution in [2.24, 2.45) is 5.92 Å². The topological polar surface area (TPSA) is 41.6 Å². The second kappa shape index (κ2) is 9.96. The number of amides is 1. The summed E-state index contributed by atoms with van der Waals surface area (Å²) >= 11 is 6.26. The van der Waals surface area contributed by atoms with E-state index >= 15 is 0 Å². The molecule has 3 aromatic carbocycles. The SMILES string of the molecule is O=C(NCCOc1ccc2ccccc2c1)C1CCN(Cc2ccccc2Cl)CC1. The van der Waals surface area contributed by atoms with E-state index in [0.717, 1.165) is 54.2 Å².